The second-order valence-corrected chi connectivity index (χ2v) is 9.80. The first-order chi connectivity index (χ1) is 16.9. The number of fused-ring (bicyclic) bond motifs is 1. The van der Waals surface area contributed by atoms with E-state index in [-0.39, 0.29) is 12.3 Å². The predicted molar refractivity (Wildman–Crippen MR) is 137 cm³/mol. The van der Waals surface area contributed by atoms with Crippen LogP contribution in [0, 0.1) is 11.8 Å². The van der Waals surface area contributed by atoms with E-state index in [2.05, 4.69) is 39.8 Å². The van der Waals surface area contributed by atoms with Gasteiger partial charge in [0, 0.05) is 43.5 Å². The van der Waals surface area contributed by atoms with Crippen LogP contribution in [0.2, 0.25) is 0 Å². The van der Waals surface area contributed by atoms with E-state index in [0.717, 1.165) is 67.5 Å². The van der Waals surface area contributed by atoms with Crippen LogP contribution in [0.15, 0.2) is 48.8 Å². The van der Waals surface area contributed by atoms with Crippen molar-refractivity contribution in [2.75, 3.05) is 26.7 Å². The number of hydrogen-bond acceptors (Lipinski definition) is 5. The fraction of sp³-hybridized carbons (Fsp3) is 0.500. The molecule has 1 saturated heterocycles. The summed E-state index contributed by atoms with van der Waals surface area (Å²) in [5.74, 6) is 0.406. The Morgan fingerprint density at radius 2 is 2.11 bits per heavy atom. The molecule has 1 aliphatic rings. The molecular formula is C28H37N3O4. The van der Waals surface area contributed by atoms with Crippen LogP contribution >= 0.6 is 0 Å². The highest BCUT2D eigenvalue weighted by atomic mass is 16.5. The van der Waals surface area contributed by atoms with Crippen molar-refractivity contribution >= 4 is 16.9 Å². The molecule has 1 aromatic carbocycles. The molecular weight excluding hydrogens is 442 g/mol. The van der Waals surface area contributed by atoms with Crippen molar-refractivity contribution in [2.24, 2.45) is 18.9 Å². The van der Waals surface area contributed by atoms with Gasteiger partial charge in [-0.3, -0.25) is 9.78 Å². The van der Waals surface area contributed by atoms with Crippen LogP contribution in [0.3, 0.4) is 0 Å². The molecule has 1 aliphatic heterocycles. The number of aromatic nitrogens is 2. The van der Waals surface area contributed by atoms with Crippen LogP contribution < -0.4 is 4.74 Å². The minimum Gasteiger partial charge on any atom is -0.497 e. The predicted octanol–water partition coefficient (Wildman–Crippen LogP) is 4.44. The van der Waals surface area contributed by atoms with E-state index in [4.69, 9.17) is 4.74 Å². The molecule has 0 saturated carbocycles. The second kappa shape index (κ2) is 11.7. The second-order valence-electron chi connectivity index (χ2n) is 9.80. The lowest BCUT2D eigenvalue weighted by Crippen LogP contribution is -2.42. The first-order valence-corrected chi connectivity index (χ1v) is 12.6. The van der Waals surface area contributed by atoms with Gasteiger partial charge in [0.1, 0.15) is 5.75 Å². The number of ether oxygens (including phenoxy) is 1. The van der Waals surface area contributed by atoms with Crippen molar-refractivity contribution in [3.63, 3.8) is 0 Å². The number of methoxy groups -OCH3 is 1. The lowest BCUT2D eigenvalue weighted by Gasteiger charge is -2.38. The number of carboxylic acids is 1. The molecule has 188 valence electrons. The van der Waals surface area contributed by atoms with Crippen LogP contribution in [0.5, 0.6) is 5.75 Å². The maximum atomic E-state index is 11.6. The fourth-order valence-electron chi connectivity index (χ4n) is 5.53. The van der Waals surface area contributed by atoms with E-state index in [1.54, 1.807) is 13.3 Å². The minimum atomic E-state index is -0.738. The molecule has 3 heterocycles. The van der Waals surface area contributed by atoms with E-state index in [1.165, 1.54) is 5.69 Å². The van der Waals surface area contributed by atoms with Gasteiger partial charge < -0.3 is 24.4 Å². The maximum Gasteiger partial charge on any atom is 0.303 e. The van der Waals surface area contributed by atoms with Gasteiger partial charge in [-0.15, -0.1) is 0 Å². The first-order valence-electron chi connectivity index (χ1n) is 12.6. The van der Waals surface area contributed by atoms with Gasteiger partial charge in [-0.05, 0) is 99.0 Å². The van der Waals surface area contributed by atoms with Gasteiger partial charge in [-0.2, -0.15) is 0 Å². The normalized spacial score (nSPS) is 19.6. The van der Waals surface area contributed by atoms with Crippen molar-refractivity contribution in [3.05, 3.63) is 60.0 Å². The molecule has 0 amide bonds. The van der Waals surface area contributed by atoms with Gasteiger partial charge in [0.15, 0.2) is 0 Å². The van der Waals surface area contributed by atoms with Crippen molar-refractivity contribution in [1.82, 2.24) is 14.5 Å². The van der Waals surface area contributed by atoms with Crippen molar-refractivity contribution in [2.45, 2.75) is 44.6 Å². The molecule has 0 bridgehead atoms. The molecule has 35 heavy (non-hydrogen) atoms. The Kier molecular flexibility index (Phi) is 8.42. The highest BCUT2D eigenvalue weighted by Crippen LogP contribution is 2.34. The zero-order chi connectivity index (χ0) is 24.8. The van der Waals surface area contributed by atoms with Crippen LogP contribution in [0.25, 0.3) is 10.9 Å². The molecule has 4 rings (SSSR count). The summed E-state index contributed by atoms with van der Waals surface area (Å²) in [6, 6.07) is 11.8. The Morgan fingerprint density at radius 1 is 1.26 bits per heavy atom. The summed E-state index contributed by atoms with van der Waals surface area (Å²) in [4.78, 5) is 18.4. The van der Waals surface area contributed by atoms with Crippen LogP contribution in [0.4, 0.5) is 0 Å². The van der Waals surface area contributed by atoms with Crippen LogP contribution in [0.1, 0.15) is 49.5 Å². The summed E-state index contributed by atoms with van der Waals surface area (Å²) in [6.45, 7) is 2.79. The van der Waals surface area contributed by atoms with Crippen molar-refractivity contribution < 1.29 is 19.7 Å². The summed E-state index contributed by atoms with van der Waals surface area (Å²) in [5, 5.41) is 21.5. The molecule has 2 N–H and O–H groups in total. The van der Waals surface area contributed by atoms with Crippen LogP contribution in [-0.2, 0) is 18.3 Å². The zero-order valence-electron chi connectivity index (χ0n) is 20.8. The third kappa shape index (κ3) is 6.41. The standard InChI is InChI=1S/C28H37N3O4/c1-30-14-3-5-22(30)6-4-15-31-16-12-20(21(19-31)17-28(33)34)7-10-27(32)24-11-13-29-26-9-8-23(35-2)18-25(24)26/h3,5,8-9,11,13-14,18,20-21,27,32H,4,6-7,10,12,15-17,19H2,1-2H3,(H,33,34)/t20-,21+,27+/m1/s1. The molecule has 3 aromatic rings. The number of pyridine rings is 1. The third-order valence-corrected chi connectivity index (χ3v) is 7.52. The summed E-state index contributed by atoms with van der Waals surface area (Å²) >= 11 is 0. The topological polar surface area (TPSA) is 87.8 Å². The van der Waals surface area contributed by atoms with Gasteiger partial charge in [-0.25, -0.2) is 0 Å². The maximum absolute atomic E-state index is 11.6. The number of rotatable bonds is 11. The first kappa shape index (κ1) is 25.2. The average molecular weight is 480 g/mol. The number of likely N-dealkylation sites (tertiary alicyclic amines) is 1. The monoisotopic (exact) mass is 479 g/mol. The van der Waals surface area contributed by atoms with E-state index in [9.17, 15) is 15.0 Å². The highest BCUT2D eigenvalue weighted by Gasteiger charge is 2.31. The SMILES string of the molecule is COc1ccc2nccc([C@@H](O)CC[C@@H]3CCN(CCCc4cccn4C)C[C@@H]3CC(=O)O)c2c1. The molecule has 1 fully saturated rings. The van der Waals surface area contributed by atoms with E-state index < -0.39 is 12.1 Å². The number of carbonyl (C=O) groups is 1. The van der Waals surface area contributed by atoms with Crippen LogP contribution in [-0.4, -0.2) is 57.4 Å². The Bertz CT molecular complexity index is 1130. The molecule has 0 aliphatic carbocycles. The van der Waals surface area contributed by atoms with E-state index in [0.29, 0.717) is 12.3 Å². The largest absolute Gasteiger partial charge is 0.497 e. The molecule has 7 nitrogen and oxygen atoms in total. The summed E-state index contributed by atoms with van der Waals surface area (Å²) in [6.07, 6.45) is 7.85. The van der Waals surface area contributed by atoms with Gasteiger partial charge in [0.2, 0.25) is 0 Å². The molecule has 0 spiro atoms. The summed E-state index contributed by atoms with van der Waals surface area (Å²) in [5.41, 5.74) is 3.01. The number of carboxylic acid groups (broad SMARTS) is 1. The summed E-state index contributed by atoms with van der Waals surface area (Å²) < 4.78 is 7.52. The number of aliphatic carboxylic acids is 1. The molecule has 2 aromatic heterocycles. The molecule has 0 unspecified atom stereocenters. The third-order valence-electron chi connectivity index (χ3n) is 7.52. The Morgan fingerprint density at radius 3 is 2.86 bits per heavy atom. The zero-order valence-corrected chi connectivity index (χ0v) is 20.8. The summed E-state index contributed by atoms with van der Waals surface area (Å²) in [7, 11) is 3.70. The molecule has 7 heteroatoms. The number of aryl methyl sites for hydroxylation is 2. The van der Waals surface area contributed by atoms with E-state index in [1.807, 2.05) is 24.3 Å². The van der Waals surface area contributed by atoms with E-state index >= 15 is 0 Å². The Labute approximate surface area is 207 Å². The molecule has 0 radical (unpaired) electrons. The van der Waals surface area contributed by atoms with Gasteiger partial charge in [0.25, 0.3) is 0 Å². The number of benzene rings is 1. The number of aliphatic hydroxyl groups is 1. The quantitative estimate of drug-likeness (QED) is 0.423. The molecule has 3 atom stereocenters. The number of hydrogen-bond donors (Lipinski definition) is 2. The highest BCUT2D eigenvalue weighted by molar-refractivity contribution is 5.83. The average Bonchev–Trinajstić information content (AvgIpc) is 3.26. The van der Waals surface area contributed by atoms with Crippen molar-refractivity contribution in [1.29, 1.82) is 0 Å². The number of nitrogens with zero attached hydrogens (tertiary/aromatic N) is 3. The lowest BCUT2D eigenvalue weighted by atomic mass is 9.79. The fourth-order valence-corrected chi connectivity index (χ4v) is 5.53. The Hall–Kier alpha value is -2.90. The van der Waals surface area contributed by atoms with Gasteiger partial charge in [0.05, 0.1) is 18.7 Å². The smallest absolute Gasteiger partial charge is 0.303 e. The minimum absolute atomic E-state index is 0.109. The van der Waals surface area contributed by atoms with Gasteiger partial charge in [-0.1, -0.05) is 0 Å². The lowest BCUT2D eigenvalue weighted by molar-refractivity contribution is -0.139. The Balaban J connectivity index is 1.35. The number of piperidine rings is 1. The number of aliphatic hydroxyl groups excluding tert-OH is 1. The van der Waals surface area contributed by atoms with Gasteiger partial charge >= 0.3 is 5.97 Å². The van der Waals surface area contributed by atoms with Crippen molar-refractivity contribution in [3.8, 4) is 5.75 Å².